The van der Waals surface area contributed by atoms with E-state index in [0.717, 1.165) is 16.8 Å². The van der Waals surface area contributed by atoms with Gasteiger partial charge in [-0.15, -0.1) is 0 Å². The van der Waals surface area contributed by atoms with Crippen LogP contribution in [-0.4, -0.2) is 28.7 Å². The standard InChI is InChI=1S/C15H13N5/c1-19(2)14-6-4-3-5-13(14)12-8-17-15-11(7-16)9-18-20(15)10-12/h3-6,8-10H,1-2H3. The molecular formula is C15H13N5. The van der Waals surface area contributed by atoms with E-state index in [0.29, 0.717) is 11.2 Å². The molecule has 5 heteroatoms. The monoisotopic (exact) mass is 263 g/mol. The van der Waals surface area contributed by atoms with Gasteiger partial charge in [0.05, 0.1) is 6.20 Å². The second-order valence-electron chi connectivity index (χ2n) is 4.69. The average molecular weight is 263 g/mol. The molecule has 3 aromatic rings. The summed E-state index contributed by atoms with van der Waals surface area (Å²) in [5, 5.41) is 13.1. The van der Waals surface area contributed by atoms with Crippen molar-refractivity contribution < 1.29 is 0 Å². The van der Waals surface area contributed by atoms with E-state index in [-0.39, 0.29) is 0 Å². The van der Waals surface area contributed by atoms with Crippen molar-refractivity contribution in [1.82, 2.24) is 14.6 Å². The van der Waals surface area contributed by atoms with Gasteiger partial charge in [-0.05, 0) is 6.07 Å². The Labute approximate surface area is 116 Å². The first-order valence-electron chi connectivity index (χ1n) is 6.21. The maximum atomic E-state index is 8.98. The van der Waals surface area contributed by atoms with Crippen molar-refractivity contribution in [3.63, 3.8) is 0 Å². The lowest BCUT2D eigenvalue weighted by Crippen LogP contribution is -2.10. The van der Waals surface area contributed by atoms with Gasteiger partial charge < -0.3 is 4.90 Å². The molecule has 20 heavy (non-hydrogen) atoms. The van der Waals surface area contributed by atoms with Crippen LogP contribution in [0.25, 0.3) is 16.8 Å². The summed E-state index contributed by atoms with van der Waals surface area (Å²) in [6.45, 7) is 0. The molecule has 0 spiro atoms. The molecule has 0 atom stereocenters. The van der Waals surface area contributed by atoms with Crippen LogP contribution in [0.15, 0.2) is 42.9 Å². The highest BCUT2D eigenvalue weighted by atomic mass is 15.2. The highest BCUT2D eigenvalue weighted by Gasteiger charge is 2.10. The van der Waals surface area contributed by atoms with Gasteiger partial charge in [0.25, 0.3) is 0 Å². The zero-order valence-corrected chi connectivity index (χ0v) is 11.3. The van der Waals surface area contributed by atoms with Crippen LogP contribution in [0.2, 0.25) is 0 Å². The van der Waals surface area contributed by atoms with E-state index >= 15 is 0 Å². The SMILES string of the molecule is CN(C)c1ccccc1-c1cnc2c(C#N)cnn2c1. The second kappa shape index (κ2) is 4.67. The Kier molecular flexibility index (Phi) is 2.84. The van der Waals surface area contributed by atoms with E-state index in [1.807, 2.05) is 38.5 Å². The molecule has 0 radical (unpaired) electrons. The first-order valence-corrected chi connectivity index (χ1v) is 6.21. The van der Waals surface area contributed by atoms with Gasteiger partial charge in [-0.25, -0.2) is 9.50 Å². The predicted octanol–water partition coefficient (Wildman–Crippen LogP) is 2.33. The Bertz CT molecular complexity index is 810. The minimum Gasteiger partial charge on any atom is -0.377 e. The van der Waals surface area contributed by atoms with E-state index in [9.17, 15) is 0 Å². The van der Waals surface area contributed by atoms with Crippen LogP contribution in [0.3, 0.4) is 0 Å². The molecule has 0 fully saturated rings. The van der Waals surface area contributed by atoms with E-state index in [1.165, 1.54) is 6.20 Å². The van der Waals surface area contributed by atoms with Gasteiger partial charge >= 0.3 is 0 Å². The highest BCUT2D eigenvalue weighted by Crippen LogP contribution is 2.29. The molecule has 0 amide bonds. The van der Waals surface area contributed by atoms with Crippen molar-refractivity contribution in [2.45, 2.75) is 0 Å². The van der Waals surface area contributed by atoms with Crippen molar-refractivity contribution in [2.75, 3.05) is 19.0 Å². The summed E-state index contributed by atoms with van der Waals surface area (Å²) in [4.78, 5) is 6.41. The van der Waals surface area contributed by atoms with Gasteiger partial charge in [0.1, 0.15) is 11.6 Å². The predicted molar refractivity (Wildman–Crippen MR) is 77.5 cm³/mol. The number of aromatic nitrogens is 3. The summed E-state index contributed by atoms with van der Waals surface area (Å²) in [6, 6.07) is 10.2. The summed E-state index contributed by atoms with van der Waals surface area (Å²) < 4.78 is 1.64. The third-order valence-electron chi connectivity index (χ3n) is 3.17. The van der Waals surface area contributed by atoms with Crippen LogP contribution in [0.1, 0.15) is 5.56 Å². The topological polar surface area (TPSA) is 57.2 Å². The average Bonchev–Trinajstić information content (AvgIpc) is 2.89. The Balaban J connectivity index is 2.19. The molecule has 1 aromatic carbocycles. The number of hydrogen-bond acceptors (Lipinski definition) is 4. The fourth-order valence-electron chi connectivity index (χ4n) is 2.20. The normalized spacial score (nSPS) is 10.4. The first kappa shape index (κ1) is 12.2. The molecule has 2 aromatic heterocycles. The molecule has 0 aliphatic carbocycles. The maximum absolute atomic E-state index is 8.98. The molecule has 0 aliphatic heterocycles. The molecule has 5 nitrogen and oxygen atoms in total. The van der Waals surface area contributed by atoms with Crippen LogP contribution < -0.4 is 4.90 Å². The lowest BCUT2D eigenvalue weighted by molar-refractivity contribution is 0.941. The van der Waals surface area contributed by atoms with E-state index in [1.54, 1.807) is 10.7 Å². The third-order valence-corrected chi connectivity index (χ3v) is 3.17. The molecule has 3 rings (SSSR count). The number of fused-ring (bicyclic) bond motifs is 1. The summed E-state index contributed by atoms with van der Waals surface area (Å²) in [6.07, 6.45) is 5.20. The van der Waals surface area contributed by atoms with Gasteiger partial charge in [0, 0.05) is 43.3 Å². The Morgan fingerprint density at radius 1 is 1.20 bits per heavy atom. The number of nitriles is 1. The summed E-state index contributed by atoms with van der Waals surface area (Å²) in [5.74, 6) is 0. The summed E-state index contributed by atoms with van der Waals surface area (Å²) >= 11 is 0. The van der Waals surface area contributed by atoms with Gasteiger partial charge in [0.2, 0.25) is 0 Å². The van der Waals surface area contributed by atoms with Crippen LogP contribution in [0, 0.1) is 11.3 Å². The minimum absolute atomic E-state index is 0.484. The van der Waals surface area contributed by atoms with Crippen molar-refractivity contribution in [2.24, 2.45) is 0 Å². The van der Waals surface area contributed by atoms with Crippen LogP contribution in [0.4, 0.5) is 5.69 Å². The zero-order valence-electron chi connectivity index (χ0n) is 11.3. The lowest BCUT2D eigenvalue weighted by atomic mass is 10.1. The largest absolute Gasteiger partial charge is 0.377 e. The molecule has 0 bridgehead atoms. The van der Waals surface area contributed by atoms with Crippen molar-refractivity contribution in [3.8, 4) is 17.2 Å². The zero-order chi connectivity index (χ0) is 14.1. The Hall–Kier alpha value is -2.87. The second-order valence-corrected chi connectivity index (χ2v) is 4.69. The number of para-hydroxylation sites is 1. The van der Waals surface area contributed by atoms with E-state index in [2.05, 4.69) is 27.1 Å². The number of rotatable bonds is 2. The summed E-state index contributed by atoms with van der Waals surface area (Å²) in [5.41, 5.74) is 4.23. The smallest absolute Gasteiger partial charge is 0.172 e. The molecule has 2 heterocycles. The molecule has 0 saturated carbocycles. The Morgan fingerprint density at radius 3 is 2.75 bits per heavy atom. The fourth-order valence-corrected chi connectivity index (χ4v) is 2.20. The summed E-state index contributed by atoms with van der Waals surface area (Å²) in [7, 11) is 4.01. The van der Waals surface area contributed by atoms with Crippen molar-refractivity contribution >= 4 is 11.3 Å². The quantitative estimate of drug-likeness (QED) is 0.712. The van der Waals surface area contributed by atoms with Crippen molar-refractivity contribution in [1.29, 1.82) is 5.26 Å². The highest BCUT2D eigenvalue weighted by molar-refractivity contribution is 5.78. The number of nitrogens with zero attached hydrogens (tertiary/aromatic N) is 5. The van der Waals surface area contributed by atoms with Gasteiger partial charge in [-0.3, -0.25) is 0 Å². The lowest BCUT2D eigenvalue weighted by Gasteiger charge is -2.17. The van der Waals surface area contributed by atoms with E-state index in [4.69, 9.17) is 5.26 Å². The molecule has 98 valence electrons. The van der Waals surface area contributed by atoms with Crippen LogP contribution in [0.5, 0.6) is 0 Å². The third kappa shape index (κ3) is 1.88. The Morgan fingerprint density at radius 2 is 2.00 bits per heavy atom. The van der Waals surface area contributed by atoms with E-state index < -0.39 is 0 Å². The van der Waals surface area contributed by atoms with Crippen LogP contribution >= 0.6 is 0 Å². The van der Waals surface area contributed by atoms with Gasteiger partial charge in [0.15, 0.2) is 5.65 Å². The molecule has 0 unspecified atom stereocenters. The first-order chi connectivity index (χ1) is 9.70. The number of anilines is 1. The minimum atomic E-state index is 0.484. The molecular weight excluding hydrogens is 250 g/mol. The van der Waals surface area contributed by atoms with Crippen LogP contribution in [-0.2, 0) is 0 Å². The molecule has 0 N–H and O–H groups in total. The number of benzene rings is 1. The van der Waals surface area contributed by atoms with Crippen molar-refractivity contribution in [3.05, 3.63) is 48.4 Å². The maximum Gasteiger partial charge on any atom is 0.172 e. The van der Waals surface area contributed by atoms with Gasteiger partial charge in [-0.2, -0.15) is 10.4 Å². The molecule has 0 saturated heterocycles. The molecule has 0 aliphatic rings. The fraction of sp³-hybridized carbons (Fsp3) is 0.133. The van der Waals surface area contributed by atoms with Gasteiger partial charge in [-0.1, -0.05) is 18.2 Å². The number of hydrogen-bond donors (Lipinski definition) is 0.